The molecule has 1 N–H and O–H groups in total. The number of aromatic nitrogens is 2. The first-order valence-electron chi connectivity index (χ1n) is 8.87. The van der Waals surface area contributed by atoms with Crippen molar-refractivity contribution in [2.75, 3.05) is 25.0 Å². The van der Waals surface area contributed by atoms with Crippen LogP contribution in [0.1, 0.15) is 29.8 Å². The molecular weight excluding hydrogens is 316 g/mol. The molecule has 1 spiro atoms. The van der Waals surface area contributed by atoms with Crippen molar-refractivity contribution in [3.63, 3.8) is 0 Å². The fraction of sp³-hybridized carbons (Fsp3) is 0.474. The summed E-state index contributed by atoms with van der Waals surface area (Å²) in [6.07, 6.45) is 6.58. The summed E-state index contributed by atoms with van der Waals surface area (Å²) in [5, 5.41) is 3.45. The van der Waals surface area contributed by atoms with Crippen molar-refractivity contribution < 1.29 is 9.53 Å². The van der Waals surface area contributed by atoms with Crippen molar-refractivity contribution >= 4 is 11.7 Å². The summed E-state index contributed by atoms with van der Waals surface area (Å²) in [7, 11) is 1.91. The van der Waals surface area contributed by atoms with Crippen molar-refractivity contribution in [2.45, 2.75) is 30.9 Å². The molecule has 2 saturated heterocycles. The number of carbonyl (C=O) groups is 1. The topological polar surface area (TPSA) is 59.4 Å². The number of hydrogen-bond donors (Lipinski definition) is 1. The van der Waals surface area contributed by atoms with Crippen molar-refractivity contribution in [1.29, 1.82) is 0 Å². The van der Waals surface area contributed by atoms with Crippen LogP contribution < -0.4 is 5.32 Å². The third-order valence-corrected chi connectivity index (χ3v) is 5.22. The first-order chi connectivity index (χ1) is 12.2. The Bertz CT molecular complexity index is 745. The minimum absolute atomic E-state index is 0.0938. The van der Waals surface area contributed by atoms with Crippen molar-refractivity contribution in [3.05, 3.63) is 48.4 Å². The largest absolute Gasteiger partial charge is 0.371 e. The molecule has 0 aliphatic carbocycles. The third-order valence-electron chi connectivity index (χ3n) is 5.22. The minimum atomic E-state index is -0.231. The second-order valence-corrected chi connectivity index (χ2v) is 7.09. The zero-order valence-electron chi connectivity index (χ0n) is 14.5. The number of anilines is 1. The van der Waals surface area contributed by atoms with Gasteiger partial charge in [-0.25, -0.2) is 4.98 Å². The van der Waals surface area contributed by atoms with E-state index in [0.29, 0.717) is 13.2 Å². The fourth-order valence-electron chi connectivity index (χ4n) is 4.00. The number of piperidine rings is 1. The summed E-state index contributed by atoms with van der Waals surface area (Å²) < 4.78 is 8.08. The molecule has 2 fully saturated rings. The monoisotopic (exact) mass is 340 g/mol. The van der Waals surface area contributed by atoms with Crippen molar-refractivity contribution in [2.24, 2.45) is 7.05 Å². The summed E-state index contributed by atoms with van der Waals surface area (Å²) in [6, 6.07) is 9.88. The maximum absolute atomic E-state index is 12.8. The molecule has 0 radical (unpaired) electrons. The van der Waals surface area contributed by atoms with Gasteiger partial charge in [0.2, 0.25) is 0 Å². The van der Waals surface area contributed by atoms with Gasteiger partial charge >= 0.3 is 0 Å². The quantitative estimate of drug-likeness (QED) is 0.931. The summed E-state index contributed by atoms with van der Waals surface area (Å²) in [4.78, 5) is 19.1. The highest BCUT2D eigenvalue weighted by Gasteiger charge is 2.44. The molecule has 0 aromatic carbocycles. The van der Waals surface area contributed by atoms with Crippen LogP contribution in [-0.2, 0) is 11.8 Å². The highest BCUT2D eigenvalue weighted by atomic mass is 16.5. The lowest BCUT2D eigenvalue weighted by atomic mass is 9.88. The van der Waals surface area contributed by atoms with Gasteiger partial charge < -0.3 is 19.5 Å². The molecule has 4 heterocycles. The van der Waals surface area contributed by atoms with Crippen LogP contribution >= 0.6 is 0 Å². The number of rotatable bonds is 3. The average Bonchev–Trinajstić information content (AvgIpc) is 3.22. The first-order valence-corrected chi connectivity index (χ1v) is 8.87. The van der Waals surface area contributed by atoms with E-state index in [4.69, 9.17) is 4.74 Å². The first kappa shape index (κ1) is 16.1. The fourth-order valence-corrected chi connectivity index (χ4v) is 4.00. The van der Waals surface area contributed by atoms with Gasteiger partial charge in [-0.05, 0) is 37.1 Å². The second-order valence-electron chi connectivity index (χ2n) is 7.09. The Kier molecular flexibility index (Phi) is 4.21. The molecule has 6 heteroatoms. The molecule has 2 aromatic heterocycles. The van der Waals surface area contributed by atoms with Gasteiger partial charge in [-0.2, -0.15) is 0 Å². The standard InChI is InChI=1S/C19H24N4O2/c1-22-10-4-6-16(22)18(24)23-11-5-8-19(14-23)12-15(13-25-19)21-17-7-2-3-9-20-17/h2-4,6-7,9-10,15H,5,8,11-14H2,1H3,(H,20,21)/t15-,19-/m0/s1. The van der Waals surface area contributed by atoms with E-state index in [1.54, 1.807) is 6.20 Å². The van der Waals surface area contributed by atoms with E-state index in [2.05, 4.69) is 10.3 Å². The smallest absolute Gasteiger partial charge is 0.270 e. The lowest BCUT2D eigenvalue weighted by Gasteiger charge is -2.39. The number of nitrogens with one attached hydrogen (secondary N) is 1. The summed E-state index contributed by atoms with van der Waals surface area (Å²) in [5.74, 6) is 0.969. The predicted octanol–water partition coefficient (Wildman–Crippen LogP) is 2.30. The number of likely N-dealkylation sites (tertiary alicyclic amines) is 1. The highest BCUT2D eigenvalue weighted by Crippen LogP contribution is 2.36. The van der Waals surface area contributed by atoms with Gasteiger partial charge in [0.1, 0.15) is 11.5 Å². The van der Waals surface area contributed by atoms with Crippen LogP contribution in [0.5, 0.6) is 0 Å². The van der Waals surface area contributed by atoms with Crippen LogP contribution in [0.15, 0.2) is 42.7 Å². The van der Waals surface area contributed by atoms with Gasteiger partial charge in [0, 0.05) is 32.4 Å². The van der Waals surface area contributed by atoms with E-state index in [0.717, 1.165) is 37.3 Å². The van der Waals surface area contributed by atoms with E-state index in [-0.39, 0.29) is 17.6 Å². The molecule has 2 atom stereocenters. The Labute approximate surface area is 147 Å². The molecule has 1 amide bonds. The van der Waals surface area contributed by atoms with E-state index in [1.807, 2.05) is 53.0 Å². The van der Waals surface area contributed by atoms with Gasteiger partial charge in [0.05, 0.1) is 24.8 Å². The number of hydrogen-bond acceptors (Lipinski definition) is 4. The highest BCUT2D eigenvalue weighted by molar-refractivity contribution is 5.92. The maximum atomic E-state index is 12.8. The average molecular weight is 340 g/mol. The molecule has 2 aliphatic rings. The van der Waals surface area contributed by atoms with Crippen LogP contribution in [0.25, 0.3) is 0 Å². The summed E-state index contributed by atoms with van der Waals surface area (Å²) in [5.41, 5.74) is 0.504. The van der Waals surface area contributed by atoms with Crippen LogP contribution in [0.4, 0.5) is 5.82 Å². The maximum Gasteiger partial charge on any atom is 0.270 e. The van der Waals surface area contributed by atoms with E-state index in [1.165, 1.54) is 0 Å². The molecule has 0 unspecified atom stereocenters. The van der Waals surface area contributed by atoms with Crippen molar-refractivity contribution in [3.8, 4) is 0 Å². The minimum Gasteiger partial charge on any atom is -0.371 e. The van der Waals surface area contributed by atoms with Gasteiger partial charge in [0.25, 0.3) is 5.91 Å². The number of ether oxygens (including phenoxy) is 1. The number of aryl methyl sites for hydroxylation is 1. The van der Waals surface area contributed by atoms with E-state index < -0.39 is 0 Å². The van der Waals surface area contributed by atoms with Gasteiger partial charge in [-0.3, -0.25) is 4.79 Å². The Morgan fingerprint density at radius 1 is 1.36 bits per heavy atom. The molecule has 0 bridgehead atoms. The molecule has 0 saturated carbocycles. The zero-order chi connectivity index (χ0) is 17.3. The zero-order valence-corrected chi connectivity index (χ0v) is 14.5. The van der Waals surface area contributed by atoms with E-state index >= 15 is 0 Å². The molecular formula is C19H24N4O2. The Morgan fingerprint density at radius 2 is 2.28 bits per heavy atom. The van der Waals surface area contributed by atoms with Crippen LogP contribution in [0.3, 0.4) is 0 Å². The Morgan fingerprint density at radius 3 is 3.04 bits per heavy atom. The van der Waals surface area contributed by atoms with Gasteiger partial charge in [-0.1, -0.05) is 6.07 Å². The van der Waals surface area contributed by atoms with Gasteiger partial charge in [0.15, 0.2) is 0 Å². The molecule has 25 heavy (non-hydrogen) atoms. The van der Waals surface area contributed by atoms with Crippen molar-refractivity contribution in [1.82, 2.24) is 14.5 Å². The molecule has 2 aromatic rings. The van der Waals surface area contributed by atoms with Crippen LogP contribution in [0.2, 0.25) is 0 Å². The number of pyridine rings is 1. The summed E-state index contributed by atoms with van der Waals surface area (Å²) in [6.45, 7) is 2.12. The van der Waals surface area contributed by atoms with Gasteiger partial charge in [-0.15, -0.1) is 0 Å². The lowest BCUT2D eigenvalue weighted by Crippen LogP contribution is -2.50. The second kappa shape index (κ2) is 6.52. The Balaban J connectivity index is 1.42. The predicted molar refractivity (Wildman–Crippen MR) is 95.5 cm³/mol. The molecule has 2 aliphatic heterocycles. The normalized spacial score (nSPS) is 26.1. The molecule has 132 valence electrons. The van der Waals surface area contributed by atoms with Crippen LogP contribution in [0, 0.1) is 0 Å². The number of amides is 1. The van der Waals surface area contributed by atoms with E-state index in [9.17, 15) is 4.79 Å². The third kappa shape index (κ3) is 3.26. The molecule has 6 nitrogen and oxygen atoms in total. The van der Waals surface area contributed by atoms with Crippen LogP contribution in [-0.4, -0.2) is 51.7 Å². The number of carbonyl (C=O) groups excluding carboxylic acids is 1. The SMILES string of the molecule is Cn1cccc1C(=O)N1CCC[C@]2(C[C@H](Nc3ccccn3)CO2)C1. The lowest BCUT2D eigenvalue weighted by molar-refractivity contribution is -0.0449. The molecule has 4 rings (SSSR count). The number of nitrogens with zero attached hydrogens (tertiary/aromatic N) is 3. The Hall–Kier alpha value is -2.34. The summed E-state index contributed by atoms with van der Waals surface area (Å²) >= 11 is 0.